The molecule has 4 heteroatoms. The maximum Gasteiger partial charge on any atom is 0.319 e. The van der Waals surface area contributed by atoms with E-state index in [0.29, 0.717) is 6.54 Å². The maximum atomic E-state index is 11.8. The first kappa shape index (κ1) is 13.9. The average molecular weight is 269 g/mol. The number of carbonyl (C=O) groups is 1. The number of anilines is 2. The third kappa shape index (κ3) is 2.91. The lowest BCUT2D eigenvalue weighted by Gasteiger charge is -2.23. The van der Waals surface area contributed by atoms with Crippen molar-refractivity contribution in [2.45, 2.75) is 20.4 Å². The fourth-order valence-corrected chi connectivity index (χ4v) is 2.16. The highest BCUT2D eigenvalue weighted by atomic mass is 16.2. The van der Waals surface area contributed by atoms with E-state index in [4.69, 9.17) is 11.5 Å². The van der Waals surface area contributed by atoms with Gasteiger partial charge in [0, 0.05) is 11.4 Å². The van der Waals surface area contributed by atoms with E-state index in [1.165, 1.54) is 0 Å². The summed E-state index contributed by atoms with van der Waals surface area (Å²) in [5.74, 6) is 0. The van der Waals surface area contributed by atoms with Crippen molar-refractivity contribution in [3.63, 3.8) is 0 Å². The van der Waals surface area contributed by atoms with Crippen molar-refractivity contribution in [2.75, 3.05) is 10.6 Å². The molecular formula is C16H19N3O. The molecule has 0 radical (unpaired) electrons. The quantitative estimate of drug-likeness (QED) is 0.841. The molecule has 104 valence electrons. The van der Waals surface area contributed by atoms with E-state index in [2.05, 4.69) is 0 Å². The van der Waals surface area contributed by atoms with Crippen LogP contribution in [0, 0.1) is 13.8 Å². The Morgan fingerprint density at radius 1 is 1.10 bits per heavy atom. The molecule has 0 bridgehead atoms. The van der Waals surface area contributed by atoms with Crippen LogP contribution in [0.3, 0.4) is 0 Å². The van der Waals surface area contributed by atoms with E-state index in [-0.39, 0.29) is 0 Å². The normalized spacial score (nSPS) is 10.3. The minimum atomic E-state index is -0.471. The van der Waals surface area contributed by atoms with Crippen molar-refractivity contribution in [3.05, 3.63) is 59.2 Å². The summed E-state index contributed by atoms with van der Waals surface area (Å²) in [5, 5.41) is 0. The zero-order valence-corrected chi connectivity index (χ0v) is 11.8. The first-order valence-electron chi connectivity index (χ1n) is 6.46. The molecule has 0 unspecified atom stereocenters. The lowest BCUT2D eigenvalue weighted by molar-refractivity contribution is 0.253. The molecule has 0 aliphatic heterocycles. The van der Waals surface area contributed by atoms with Gasteiger partial charge in [-0.1, -0.05) is 30.3 Å². The summed E-state index contributed by atoms with van der Waals surface area (Å²) >= 11 is 0. The maximum absolute atomic E-state index is 11.8. The smallest absolute Gasteiger partial charge is 0.319 e. The van der Waals surface area contributed by atoms with Gasteiger partial charge in [0.05, 0.1) is 6.54 Å². The van der Waals surface area contributed by atoms with Crippen molar-refractivity contribution in [1.29, 1.82) is 0 Å². The minimum absolute atomic E-state index is 0.445. The third-order valence-electron chi connectivity index (χ3n) is 3.32. The fourth-order valence-electron chi connectivity index (χ4n) is 2.16. The molecule has 0 fully saturated rings. The number of aryl methyl sites for hydroxylation is 2. The summed E-state index contributed by atoms with van der Waals surface area (Å²) in [4.78, 5) is 13.3. The SMILES string of the molecule is Cc1cc(N(Cc2ccccc2)C(N)=O)c(C)cc1N. The summed E-state index contributed by atoms with van der Waals surface area (Å²) in [5.41, 5.74) is 15.8. The molecule has 0 atom stereocenters. The van der Waals surface area contributed by atoms with Crippen LogP contribution >= 0.6 is 0 Å². The first-order chi connectivity index (χ1) is 9.49. The number of carbonyl (C=O) groups excluding carboxylic acids is 1. The van der Waals surface area contributed by atoms with Crippen molar-refractivity contribution < 1.29 is 4.79 Å². The van der Waals surface area contributed by atoms with Crippen LogP contribution in [0.5, 0.6) is 0 Å². The lowest BCUT2D eigenvalue weighted by Crippen LogP contribution is -2.35. The van der Waals surface area contributed by atoms with Gasteiger partial charge in [-0.05, 0) is 42.7 Å². The molecular weight excluding hydrogens is 250 g/mol. The molecule has 0 aliphatic carbocycles. The Labute approximate surface area is 119 Å². The Morgan fingerprint density at radius 2 is 1.75 bits per heavy atom. The fraction of sp³-hybridized carbons (Fsp3) is 0.188. The van der Waals surface area contributed by atoms with Crippen LogP contribution in [-0.2, 0) is 6.54 Å². The molecule has 2 amide bonds. The van der Waals surface area contributed by atoms with E-state index < -0.39 is 6.03 Å². The van der Waals surface area contributed by atoms with Gasteiger partial charge in [0.15, 0.2) is 0 Å². The number of rotatable bonds is 3. The molecule has 0 aliphatic rings. The van der Waals surface area contributed by atoms with Crippen molar-refractivity contribution in [1.82, 2.24) is 0 Å². The molecule has 0 spiro atoms. The summed E-state index contributed by atoms with van der Waals surface area (Å²) in [7, 11) is 0. The number of amides is 2. The van der Waals surface area contributed by atoms with Gasteiger partial charge in [-0.15, -0.1) is 0 Å². The molecule has 4 N–H and O–H groups in total. The summed E-state index contributed by atoms with van der Waals surface area (Å²) < 4.78 is 0. The number of hydrogen-bond acceptors (Lipinski definition) is 2. The Morgan fingerprint density at radius 3 is 2.35 bits per heavy atom. The molecule has 2 aromatic rings. The Hall–Kier alpha value is -2.49. The summed E-state index contributed by atoms with van der Waals surface area (Å²) in [6, 6.07) is 13.1. The number of nitrogen functional groups attached to an aromatic ring is 1. The van der Waals surface area contributed by atoms with Crippen molar-refractivity contribution >= 4 is 17.4 Å². The van der Waals surface area contributed by atoms with Gasteiger partial charge in [-0.3, -0.25) is 4.90 Å². The van der Waals surface area contributed by atoms with Crippen LogP contribution in [0.1, 0.15) is 16.7 Å². The molecule has 0 aromatic heterocycles. The average Bonchev–Trinajstić information content (AvgIpc) is 2.41. The second-order valence-corrected chi connectivity index (χ2v) is 4.91. The van der Waals surface area contributed by atoms with E-state index in [1.54, 1.807) is 4.90 Å². The zero-order valence-electron chi connectivity index (χ0n) is 11.8. The van der Waals surface area contributed by atoms with Crippen LogP contribution in [0.25, 0.3) is 0 Å². The predicted octanol–water partition coefficient (Wildman–Crippen LogP) is 2.97. The van der Waals surface area contributed by atoms with Gasteiger partial charge in [-0.2, -0.15) is 0 Å². The highest BCUT2D eigenvalue weighted by Crippen LogP contribution is 2.27. The van der Waals surface area contributed by atoms with Crippen molar-refractivity contribution in [3.8, 4) is 0 Å². The van der Waals surface area contributed by atoms with E-state index in [1.807, 2.05) is 56.3 Å². The van der Waals surface area contributed by atoms with Gasteiger partial charge >= 0.3 is 6.03 Å². The van der Waals surface area contributed by atoms with Gasteiger partial charge in [0.25, 0.3) is 0 Å². The second kappa shape index (κ2) is 5.65. The van der Waals surface area contributed by atoms with Crippen LogP contribution < -0.4 is 16.4 Å². The highest BCUT2D eigenvalue weighted by molar-refractivity contribution is 5.92. The Balaban J connectivity index is 2.39. The summed E-state index contributed by atoms with van der Waals surface area (Å²) in [6.07, 6.45) is 0. The van der Waals surface area contributed by atoms with Gasteiger partial charge in [0.2, 0.25) is 0 Å². The zero-order chi connectivity index (χ0) is 14.7. The summed E-state index contributed by atoms with van der Waals surface area (Å²) in [6.45, 7) is 4.28. The Kier molecular flexibility index (Phi) is 3.94. The Bertz CT molecular complexity index is 623. The number of hydrogen-bond donors (Lipinski definition) is 2. The van der Waals surface area contributed by atoms with E-state index >= 15 is 0 Å². The third-order valence-corrected chi connectivity index (χ3v) is 3.32. The molecule has 2 rings (SSSR count). The number of nitrogens with two attached hydrogens (primary N) is 2. The second-order valence-electron chi connectivity index (χ2n) is 4.91. The highest BCUT2D eigenvalue weighted by Gasteiger charge is 2.16. The number of primary amides is 1. The van der Waals surface area contributed by atoms with E-state index in [0.717, 1.165) is 28.1 Å². The monoisotopic (exact) mass is 269 g/mol. The number of urea groups is 1. The van der Waals surface area contributed by atoms with Gasteiger partial charge in [-0.25, -0.2) is 4.79 Å². The number of benzene rings is 2. The van der Waals surface area contributed by atoms with Crippen LogP contribution in [0.15, 0.2) is 42.5 Å². The van der Waals surface area contributed by atoms with Crippen molar-refractivity contribution in [2.24, 2.45) is 5.73 Å². The largest absolute Gasteiger partial charge is 0.399 e. The first-order valence-corrected chi connectivity index (χ1v) is 6.46. The molecule has 0 saturated heterocycles. The van der Waals surface area contributed by atoms with Gasteiger partial charge in [0.1, 0.15) is 0 Å². The standard InChI is InChI=1S/C16H19N3O/c1-11-9-15(12(2)8-14(11)17)19(16(18)20)10-13-6-4-3-5-7-13/h3-9H,10,17H2,1-2H3,(H2,18,20). The van der Waals surface area contributed by atoms with Crippen LogP contribution in [-0.4, -0.2) is 6.03 Å². The molecule has 0 heterocycles. The predicted molar refractivity (Wildman–Crippen MR) is 82.5 cm³/mol. The van der Waals surface area contributed by atoms with Crippen LogP contribution in [0.2, 0.25) is 0 Å². The molecule has 4 nitrogen and oxygen atoms in total. The van der Waals surface area contributed by atoms with Crippen LogP contribution in [0.4, 0.5) is 16.2 Å². The molecule has 2 aromatic carbocycles. The minimum Gasteiger partial charge on any atom is -0.399 e. The molecule has 20 heavy (non-hydrogen) atoms. The number of nitrogens with zero attached hydrogens (tertiary/aromatic N) is 1. The van der Waals surface area contributed by atoms with Gasteiger partial charge < -0.3 is 11.5 Å². The molecule has 0 saturated carbocycles. The lowest BCUT2D eigenvalue weighted by atomic mass is 10.1. The topological polar surface area (TPSA) is 72.3 Å². The van der Waals surface area contributed by atoms with E-state index in [9.17, 15) is 4.79 Å².